The van der Waals surface area contributed by atoms with E-state index >= 15 is 0 Å². The van der Waals surface area contributed by atoms with Gasteiger partial charge < -0.3 is 30.0 Å². The van der Waals surface area contributed by atoms with Crippen LogP contribution in [0.1, 0.15) is 58.4 Å². The lowest BCUT2D eigenvalue weighted by atomic mass is 9.94. The molecular weight excluding hydrogens is 513 g/mol. The van der Waals surface area contributed by atoms with Crippen molar-refractivity contribution in [2.75, 3.05) is 26.6 Å². The lowest BCUT2D eigenvalue weighted by Crippen LogP contribution is -2.59. The molecule has 1 amide bonds. The molecule has 0 unspecified atom stereocenters. The highest BCUT2D eigenvalue weighted by Crippen LogP contribution is 2.28. The number of nitrogens with one attached hydrogen (secondary N) is 2. The molecule has 1 saturated heterocycles. The molecule has 212 valence electrons. The predicted octanol–water partition coefficient (Wildman–Crippen LogP) is 3.99. The van der Waals surface area contributed by atoms with E-state index in [4.69, 9.17) is 14.2 Å². The largest absolute Gasteiger partial charge is 0.490 e. The Morgan fingerprint density at radius 3 is 2.51 bits per heavy atom. The van der Waals surface area contributed by atoms with Crippen molar-refractivity contribution in [3.8, 4) is 5.75 Å². The van der Waals surface area contributed by atoms with Gasteiger partial charge in [-0.2, -0.15) is 0 Å². The number of carbonyl (C=O) groups excluding carboxylic acids is 1. The summed E-state index contributed by atoms with van der Waals surface area (Å²) < 4.78 is 57.9. The zero-order valence-electron chi connectivity index (χ0n) is 21.7. The molecule has 1 heterocycles. The van der Waals surface area contributed by atoms with E-state index < -0.39 is 42.5 Å². The maximum Gasteiger partial charge on any atom is 0.219 e. The van der Waals surface area contributed by atoms with Crippen molar-refractivity contribution in [1.82, 2.24) is 10.6 Å². The SMILES string of the molecule is CC(=O)N[C@@](O)(Cc1cc(F)cc(OC2CCCC2)c1)C[C@@H]1CO[C@@H](OCC(C)(CF)CF)[C@H](C)N1.Cl. The molecular formula is C26H40ClF3N2O5. The Morgan fingerprint density at radius 2 is 1.92 bits per heavy atom. The summed E-state index contributed by atoms with van der Waals surface area (Å²) >= 11 is 0. The van der Waals surface area contributed by atoms with Gasteiger partial charge in [0.25, 0.3) is 0 Å². The van der Waals surface area contributed by atoms with Crippen LogP contribution in [0.5, 0.6) is 5.75 Å². The van der Waals surface area contributed by atoms with Gasteiger partial charge in [0.05, 0.1) is 38.7 Å². The molecule has 4 atom stereocenters. The Labute approximate surface area is 223 Å². The second-order valence-electron chi connectivity index (χ2n) is 10.7. The number of aliphatic hydroxyl groups is 1. The summed E-state index contributed by atoms with van der Waals surface area (Å²) in [5, 5.41) is 17.2. The molecule has 1 saturated carbocycles. The maximum absolute atomic E-state index is 14.4. The number of hydrogen-bond donors (Lipinski definition) is 3. The van der Waals surface area contributed by atoms with Crippen molar-refractivity contribution in [2.45, 2.75) is 89.5 Å². The van der Waals surface area contributed by atoms with E-state index in [9.17, 15) is 23.1 Å². The molecule has 3 N–H and O–H groups in total. The van der Waals surface area contributed by atoms with E-state index in [1.165, 1.54) is 26.0 Å². The minimum Gasteiger partial charge on any atom is -0.490 e. The zero-order valence-corrected chi connectivity index (χ0v) is 22.6. The summed E-state index contributed by atoms with van der Waals surface area (Å²) in [6.07, 6.45) is 3.40. The molecule has 2 aliphatic rings. The topological polar surface area (TPSA) is 89.1 Å². The highest BCUT2D eigenvalue weighted by molar-refractivity contribution is 5.85. The Morgan fingerprint density at radius 1 is 1.24 bits per heavy atom. The highest BCUT2D eigenvalue weighted by Gasteiger charge is 2.37. The number of halogens is 4. The first-order valence-corrected chi connectivity index (χ1v) is 12.6. The van der Waals surface area contributed by atoms with Crippen molar-refractivity contribution in [3.05, 3.63) is 29.6 Å². The van der Waals surface area contributed by atoms with E-state index in [2.05, 4.69) is 10.6 Å². The van der Waals surface area contributed by atoms with Crippen molar-refractivity contribution in [3.63, 3.8) is 0 Å². The smallest absolute Gasteiger partial charge is 0.219 e. The molecule has 1 aliphatic carbocycles. The average molecular weight is 553 g/mol. The molecule has 7 nitrogen and oxygen atoms in total. The third-order valence-corrected chi connectivity index (χ3v) is 6.64. The summed E-state index contributed by atoms with van der Waals surface area (Å²) in [6.45, 7) is 2.86. The number of morpholine rings is 1. The summed E-state index contributed by atoms with van der Waals surface area (Å²) in [4.78, 5) is 11.9. The number of hydrogen-bond acceptors (Lipinski definition) is 6. The standard InChI is InChI=1S/C26H39F3N2O5.ClH/c1-17-24(35-16-25(3,14-27)15-28)34-13-21(30-17)12-26(33,31-18(2)32)11-19-8-20(29)10-23(9-19)36-22-6-4-5-7-22;/h8-10,17,21-22,24,30,33H,4-7,11-16H2,1-3H3,(H,31,32);1H/t17-,21+,24-,26+;/m0./s1. The van der Waals surface area contributed by atoms with Gasteiger partial charge in [0.2, 0.25) is 5.91 Å². The van der Waals surface area contributed by atoms with Gasteiger partial charge in [0.1, 0.15) is 17.3 Å². The number of benzene rings is 1. The first-order chi connectivity index (χ1) is 17.0. The molecule has 0 radical (unpaired) electrons. The van der Waals surface area contributed by atoms with Crippen LogP contribution < -0.4 is 15.4 Å². The van der Waals surface area contributed by atoms with Gasteiger partial charge in [0, 0.05) is 37.3 Å². The predicted molar refractivity (Wildman–Crippen MR) is 136 cm³/mol. The number of ether oxygens (including phenoxy) is 3. The van der Waals surface area contributed by atoms with Crippen molar-refractivity contribution < 1.29 is 37.3 Å². The molecule has 0 spiro atoms. The molecule has 1 aromatic carbocycles. The highest BCUT2D eigenvalue weighted by atomic mass is 35.5. The van der Waals surface area contributed by atoms with Crippen LogP contribution in [0.15, 0.2) is 18.2 Å². The van der Waals surface area contributed by atoms with Crippen LogP contribution in [0.2, 0.25) is 0 Å². The second kappa shape index (κ2) is 14.0. The summed E-state index contributed by atoms with van der Waals surface area (Å²) in [5.74, 6) is -0.505. The van der Waals surface area contributed by atoms with Crippen LogP contribution in [0.3, 0.4) is 0 Å². The molecule has 0 aromatic heterocycles. The summed E-state index contributed by atoms with van der Waals surface area (Å²) in [7, 11) is 0. The average Bonchev–Trinajstić information content (AvgIpc) is 3.30. The van der Waals surface area contributed by atoms with Crippen LogP contribution in [0.25, 0.3) is 0 Å². The maximum atomic E-state index is 14.4. The number of amides is 1. The molecule has 1 aliphatic heterocycles. The second-order valence-corrected chi connectivity index (χ2v) is 10.7. The van der Waals surface area contributed by atoms with Crippen LogP contribution >= 0.6 is 12.4 Å². The minimum absolute atomic E-state index is 0. The van der Waals surface area contributed by atoms with E-state index in [1.807, 2.05) is 0 Å². The number of carbonyl (C=O) groups is 1. The van der Waals surface area contributed by atoms with E-state index in [0.29, 0.717) is 11.3 Å². The van der Waals surface area contributed by atoms with E-state index in [0.717, 1.165) is 25.7 Å². The van der Waals surface area contributed by atoms with Crippen LogP contribution in [-0.4, -0.2) is 67.8 Å². The van der Waals surface area contributed by atoms with Gasteiger partial charge in [-0.05, 0) is 50.3 Å². The van der Waals surface area contributed by atoms with Crippen LogP contribution in [-0.2, 0) is 20.7 Å². The number of alkyl halides is 2. The minimum atomic E-state index is -1.68. The first kappa shape index (κ1) is 31.6. The fraction of sp³-hybridized carbons (Fsp3) is 0.731. The third kappa shape index (κ3) is 9.58. The zero-order chi connectivity index (χ0) is 26.3. The Kier molecular flexibility index (Phi) is 12.0. The van der Waals surface area contributed by atoms with Gasteiger partial charge in [-0.3, -0.25) is 13.6 Å². The van der Waals surface area contributed by atoms with Gasteiger partial charge in [0.15, 0.2) is 6.29 Å². The quantitative estimate of drug-likeness (QED) is 0.340. The van der Waals surface area contributed by atoms with E-state index in [1.54, 1.807) is 13.0 Å². The fourth-order valence-electron chi connectivity index (χ4n) is 4.79. The Bertz CT molecular complexity index is 873. The van der Waals surface area contributed by atoms with Crippen LogP contribution in [0, 0.1) is 11.2 Å². The molecule has 11 heteroatoms. The summed E-state index contributed by atoms with van der Waals surface area (Å²) in [5.41, 5.74) is -2.42. The van der Waals surface area contributed by atoms with Crippen molar-refractivity contribution in [1.29, 1.82) is 0 Å². The Hall–Kier alpha value is -1.59. The van der Waals surface area contributed by atoms with Gasteiger partial charge >= 0.3 is 0 Å². The summed E-state index contributed by atoms with van der Waals surface area (Å²) in [6, 6.07) is 3.63. The first-order valence-electron chi connectivity index (χ1n) is 12.6. The molecule has 37 heavy (non-hydrogen) atoms. The van der Waals surface area contributed by atoms with Crippen molar-refractivity contribution in [2.24, 2.45) is 5.41 Å². The van der Waals surface area contributed by atoms with E-state index in [-0.39, 0.29) is 56.7 Å². The molecule has 3 rings (SSSR count). The lowest BCUT2D eigenvalue weighted by molar-refractivity contribution is -0.202. The fourth-order valence-corrected chi connectivity index (χ4v) is 4.79. The lowest BCUT2D eigenvalue weighted by Gasteiger charge is -2.40. The third-order valence-electron chi connectivity index (χ3n) is 6.64. The van der Waals surface area contributed by atoms with Crippen molar-refractivity contribution >= 4 is 18.3 Å². The monoisotopic (exact) mass is 552 g/mol. The normalized spacial score (nSPS) is 24.2. The number of rotatable bonds is 12. The van der Waals surface area contributed by atoms with Gasteiger partial charge in [-0.25, -0.2) is 4.39 Å². The van der Waals surface area contributed by atoms with Gasteiger partial charge in [-0.1, -0.05) is 6.92 Å². The molecule has 1 aromatic rings. The van der Waals surface area contributed by atoms with Crippen LogP contribution in [0.4, 0.5) is 13.2 Å². The molecule has 2 fully saturated rings. The van der Waals surface area contributed by atoms with Gasteiger partial charge in [-0.15, -0.1) is 12.4 Å². The molecule has 0 bridgehead atoms. The Balaban J connectivity index is 0.00000481.